The van der Waals surface area contributed by atoms with Gasteiger partial charge in [0.2, 0.25) is 10.0 Å². The molecule has 160 valence electrons. The minimum absolute atomic E-state index is 0.0858. The first kappa shape index (κ1) is 21.9. The Morgan fingerprint density at radius 1 is 1.03 bits per heavy atom. The van der Waals surface area contributed by atoms with Crippen LogP contribution in [0.5, 0.6) is 0 Å². The summed E-state index contributed by atoms with van der Waals surface area (Å²) in [6, 6.07) is 12.6. The van der Waals surface area contributed by atoms with E-state index in [0.717, 1.165) is 12.8 Å². The molecule has 1 heterocycles. The lowest BCUT2D eigenvalue weighted by molar-refractivity contribution is 0.0938. The normalized spacial score (nSPS) is 14.4. The van der Waals surface area contributed by atoms with Crippen LogP contribution < -0.4 is 10.6 Å². The van der Waals surface area contributed by atoms with E-state index in [2.05, 4.69) is 10.6 Å². The van der Waals surface area contributed by atoms with E-state index in [1.54, 1.807) is 43.5 Å². The molecule has 2 aromatic rings. The molecule has 1 fully saturated rings. The lowest BCUT2D eigenvalue weighted by Crippen LogP contribution is -2.28. The second-order valence-electron chi connectivity index (χ2n) is 6.89. The van der Waals surface area contributed by atoms with E-state index in [1.807, 2.05) is 0 Å². The summed E-state index contributed by atoms with van der Waals surface area (Å²) < 4.78 is 31.9. The van der Waals surface area contributed by atoms with Crippen molar-refractivity contribution in [3.63, 3.8) is 0 Å². The summed E-state index contributed by atoms with van der Waals surface area (Å²) in [7, 11) is -2.08. The topological polar surface area (TPSA) is 105 Å². The Hall–Kier alpha value is -2.75. The zero-order valence-electron chi connectivity index (χ0n) is 16.8. The van der Waals surface area contributed by atoms with Crippen LogP contribution in [0.15, 0.2) is 53.4 Å². The number of ether oxygens (including phenoxy) is 1. The van der Waals surface area contributed by atoms with E-state index in [1.165, 1.54) is 16.4 Å². The van der Waals surface area contributed by atoms with Gasteiger partial charge in [-0.2, -0.15) is 4.31 Å². The summed E-state index contributed by atoms with van der Waals surface area (Å²) in [5.41, 5.74) is 0.845. The van der Waals surface area contributed by atoms with Gasteiger partial charge in [0, 0.05) is 32.3 Å². The molecule has 0 spiro atoms. The number of hydrogen-bond donors (Lipinski definition) is 2. The SMILES string of the molecule is COCCNC(=O)c1ccccc1NC(=O)c1cccc(S(=O)(=O)N2CCCC2)c1. The third kappa shape index (κ3) is 5.05. The molecule has 8 nitrogen and oxygen atoms in total. The number of anilines is 1. The molecule has 0 atom stereocenters. The van der Waals surface area contributed by atoms with Gasteiger partial charge in [-0.05, 0) is 43.2 Å². The molecule has 1 saturated heterocycles. The van der Waals surface area contributed by atoms with Gasteiger partial charge in [0.15, 0.2) is 0 Å². The van der Waals surface area contributed by atoms with Crippen molar-refractivity contribution in [1.82, 2.24) is 9.62 Å². The van der Waals surface area contributed by atoms with Crippen molar-refractivity contribution in [3.8, 4) is 0 Å². The van der Waals surface area contributed by atoms with Crippen molar-refractivity contribution in [1.29, 1.82) is 0 Å². The fourth-order valence-corrected chi connectivity index (χ4v) is 4.79. The number of benzene rings is 2. The minimum atomic E-state index is -3.62. The molecule has 3 rings (SSSR count). The number of methoxy groups -OCH3 is 1. The summed E-state index contributed by atoms with van der Waals surface area (Å²) >= 11 is 0. The van der Waals surface area contributed by atoms with Crippen LogP contribution in [0.2, 0.25) is 0 Å². The smallest absolute Gasteiger partial charge is 0.255 e. The Morgan fingerprint density at radius 2 is 1.77 bits per heavy atom. The summed E-state index contributed by atoms with van der Waals surface area (Å²) in [5, 5.41) is 5.42. The molecule has 30 heavy (non-hydrogen) atoms. The molecule has 2 amide bonds. The van der Waals surface area contributed by atoms with Gasteiger partial charge in [0.1, 0.15) is 0 Å². The van der Waals surface area contributed by atoms with Gasteiger partial charge < -0.3 is 15.4 Å². The highest BCUT2D eigenvalue weighted by atomic mass is 32.2. The highest BCUT2D eigenvalue weighted by Crippen LogP contribution is 2.22. The molecule has 0 radical (unpaired) electrons. The predicted octanol–water partition coefficient (Wildman–Crippen LogP) is 2.10. The van der Waals surface area contributed by atoms with Crippen LogP contribution in [0, 0.1) is 0 Å². The van der Waals surface area contributed by atoms with Gasteiger partial charge in [-0.1, -0.05) is 18.2 Å². The van der Waals surface area contributed by atoms with Gasteiger partial charge >= 0.3 is 0 Å². The molecule has 0 bridgehead atoms. The van der Waals surface area contributed by atoms with E-state index in [0.29, 0.717) is 37.5 Å². The zero-order chi connectivity index (χ0) is 21.6. The van der Waals surface area contributed by atoms with Gasteiger partial charge in [0.25, 0.3) is 11.8 Å². The number of nitrogens with one attached hydrogen (secondary N) is 2. The fourth-order valence-electron chi connectivity index (χ4n) is 3.22. The molecule has 0 saturated carbocycles. The van der Waals surface area contributed by atoms with Crippen molar-refractivity contribution in [2.45, 2.75) is 17.7 Å². The molecule has 1 aliphatic heterocycles. The molecular formula is C21H25N3O5S. The van der Waals surface area contributed by atoms with E-state index < -0.39 is 15.9 Å². The standard InChI is InChI=1S/C21H25N3O5S/c1-29-14-11-22-21(26)18-9-2-3-10-19(18)23-20(25)16-7-6-8-17(15-16)30(27,28)24-12-4-5-13-24/h2-3,6-10,15H,4-5,11-14H2,1H3,(H,22,26)(H,23,25). The first-order chi connectivity index (χ1) is 14.4. The average molecular weight is 432 g/mol. The number of carbonyl (C=O) groups is 2. The highest BCUT2D eigenvalue weighted by Gasteiger charge is 2.27. The van der Waals surface area contributed by atoms with Crippen LogP contribution in [0.25, 0.3) is 0 Å². The van der Waals surface area contributed by atoms with E-state index >= 15 is 0 Å². The average Bonchev–Trinajstić information content (AvgIpc) is 3.30. The summed E-state index contributed by atoms with van der Waals surface area (Å²) in [6.07, 6.45) is 1.67. The molecular weight excluding hydrogens is 406 g/mol. The molecule has 2 N–H and O–H groups in total. The summed E-state index contributed by atoms with van der Waals surface area (Å²) in [6.45, 7) is 1.70. The number of amides is 2. The first-order valence-corrected chi connectivity index (χ1v) is 11.1. The van der Waals surface area contributed by atoms with Gasteiger partial charge in [-0.3, -0.25) is 9.59 Å². The van der Waals surface area contributed by atoms with Crippen LogP contribution in [-0.4, -0.2) is 57.9 Å². The fraction of sp³-hybridized carbons (Fsp3) is 0.333. The van der Waals surface area contributed by atoms with Crippen molar-refractivity contribution in [3.05, 3.63) is 59.7 Å². The Labute approximate surface area is 176 Å². The second-order valence-corrected chi connectivity index (χ2v) is 8.83. The van der Waals surface area contributed by atoms with Crippen molar-refractivity contribution < 1.29 is 22.7 Å². The van der Waals surface area contributed by atoms with Gasteiger partial charge in [-0.15, -0.1) is 0 Å². The Kier molecular flexibility index (Phi) is 7.20. The third-order valence-corrected chi connectivity index (χ3v) is 6.71. The van der Waals surface area contributed by atoms with Crippen LogP contribution in [0.1, 0.15) is 33.6 Å². The number of rotatable bonds is 8. The molecule has 1 aliphatic rings. The maximum atomic E-state index is 12.8. The molecule has 0 aromatic heterocycles. The van der Waals surface area contributed by atoms with Crippen LogP contribution in [-0.2, 0) is 14.8 Å². The van der Waals surface area contributed by atoms with Crippen LogP contribution in [0.3, 0.4) is 0 Å². The lowest BCUT2D eigenvalue weighted by Gasteiger charge is -2.16. The highest BCUT2D eigenvalue weighted by molar-refractivity contribution is 7.89. The largest absolute Gasteiger partial charge is 0.383 e. The monoisotopic (exact) mass is 431 g/mol. The summed E-state index contributed by atoms with van der Waals surface area (Å²) in [5.74, 6) is -0.834. The minimum Gasteiger partial charge on any atom is -0.383 e. The van der Waals surface area contributed by atoms with E-state index in [-0.39, 0.29) is 16.4 Å². The molecule has 0 aliphatic carbocycles. The lowest BCUT2D eigenvalue weighted by atomic mass is 10.1. The number of nitrogens with zero attached hydrogens (tertiary/aromatic N) is 1. The van der Waals surface area contributed by atoms with Crippen molar-refractivity contribution in [2.24, 2.45) is 0 Å². The zero-order valence-corrected chi connectivity index (χ0v) is 17.6. The summed E-state index contributed by atoms with van der Waals surface area (Å²) in [4.78, 5) is 25.3. The Balaban J connectivity index is 1.78. The maximum absolute atomic E-state index is 12.8. The van der Waals surface area contributed by atoms with Gasteiger partial charge in [0.05, 0.1) is 22.8 Å². The van der Waals surface area contributed by atoms with Crippen molar-refractivity contribution in [2.75, 3.05) is 38.7 Å². The molecule has 0 unspecified atom stereocenters. The predicted molar refractivity (Wildman–Crippen MR) is 113 cm³/mol. The third-order valence-electron chi connectivity index (χ3n) is 4.81. The number of hydrogen-bond acceptors (Lipinski definition) is 5. The van der Waals surface area contributed by atoms with Crippen LogP contribution >= 0.6 is 0 Å². The first-order valence-electron chi connectivity index (χ1n) is 9.71. The van der Waals surface area contributed by atoms with E-state index in [4.69, 9.17) is 4.74 Å². The Morgan fingerprint density at radius 3 is 2.50 bits per heavy atom. The number of sulfonamides is 1. The quantitative estimate of drug-likeness (QED) is 0.623. The number of para-hydroxylation sites is 1. The second kappa shape index (κ2) is 9.84. The van der Waals surface area contributed by atoms with Crippen LogP contribution in [0.4, 0.5) is 5.69 Å². The number of carbonyl (C=O) groups excluding carboxylic acids is 2. The molecule has 2 aromatic carbocycles. The Bertz CT molecular complexity index is 1020. The van der Waals surface area contributed by atoms with E-state index in [9.17, 15) is 18.0 Å². The van der Waals surface area contributed by atoms with Gasteiger partial charge in [-0.25, -0.2) is 8.42 Å². The maximum Gasteiger partial charge on any atom is 0.255 e. The van der Waals surface area contributed by atoms with Crippen molar-refractivity contribution >= 4 is 27.5 Å². The molecule has 9 heteroatoms.